The minimum atomic E-state index is -1.39. The SMILES string of the molecule is CCC[Si](C)(Cl)CC[Si](C)(C)Cl. The maximum absolute atomic E-state index is 6.44. The van der Waals surface area contributed by atoms with Crippen molar-refractivity contribution in [2.75, 3.05) is 0 Å². The Morgan fingerprint density at radius 2 is 1.42 bits per heavy atom. The van der Waals surface area contributed by atoms with Gasteiger partial charge in [0.05, 0.1) is 0 Å². The molecule has 12 heavy (non-hydrogen) atoms. The standard InChI is InChI=1S/C8H20Cl2Si2/c1-5-6-12(4,10)8-7-11(2,3)9/h5-8H2,1-4H3. The Morgan fingerprint density at radius 1 is 0.917 bits per heavy atom. The molecule has 0 fully saturated rings. The lowest BCUT2D eigenvalue weighted by atomic mass is 10.6. The summed E-state index contributed by atoms with van der Waals surface area (Å²) in [5, 5.41) is 0. The first-order valence-corrected chi connectivity index (χ1v) is 12.8. The molecule has 0 aliphatic carbocycles. The monoisotopic (exact) mass is 242 g/mol. The van der Waals surface area contributed by atoms with Crippen LogP contribution in [0.3, 0.4) is 0 Å². The second-order valence-electron chi connectivity index (χ2n) is 4.38. The van der Waals surface area contributed by atoms with Crippen LogP contribution in [0.2, 0.25) is 37.8 Å². The van der Waals surface area contributed by atoms with Crippen molar-refractivity contribution in [1.29, 1.82) is 0 Å². The minimum Gasteiger partial charge on any atom is -0.168 e. The fraction of sp³-hybridized carbons (Fsp3) is 1.00. The topological polar surface area (TPSA) is 0 Å². The van der Waals surface area contributed by atoms with Crippen LogP contribution in [0.4, 0.5) is 0 Å². The van der Waals surface area contributed by atoms with Crippen molar-refractivity contribution in [2.24, 2.45) is 0 Å². The van der Waals surface area contributed by atoms with Crippen LogP contribution in [0.25, 0.3) is 0 Å². The molecule has 1 unspecified atom stereocenters. The lowest BCUT2D eigenvalue weighted by molar-refractivity contribution is 1.04. The second kappa shape index (κ2) is 5.03. The van der Waals surface area contributed by atoms with Gasteiger partial charge in [0.25, 0.3) is 0 Å². The number of hydrogen-bond donors (Lipinski definition) is 0. The Labute approximate surface area is 88.1 Å². The molecule has 0 bridgehead atoms. The van der Waals surface area contributed by atoms with Gasteiger partial charge in [0.1, 0.15) is 7.38 Å². The highest BCUT2D eigenvalue weighted by atomic mass is 35.6. The van der Waals surface area contributed by atoms with Crippen molar-refractivity contribution in [1.82, 2.24) is 0 Å². The van der Waals surface area contributed by atoms with Crippen molar-refractivity contribution in [3.63, 3.8) is 0 Å². The van der Waals surface area contributed by atoms with Gasteiger partial charge in [-0.1, -0.05) is 33.0 Å². The maximum atomic E-state index is 6.44. The number of halogens is 2. The van der Waals surface area contributed by atoms with Crippen molar-refractivity contribution in [3.05, 3.63) is 0 Å². The van der Waals surface area contributed by atoms with Crippen LogP contribution in [0.5, 0.6) is 0 Å². The van der Waals surface area contributed by atoms with Gasteiger partial charge in [-0.2, -0.15) is 22.2 Å². The van der Waals surface area contributed by atoms with Crippen molar-refractivity contribution in [2.45, 2.75) is 51.1 Å². The Balaban J connectivity index is 3.75. The highest BCUT2D eigenvalue weighted by molar-refractivity contribution is 7.22. The number of hydrogen-bond acceptors (Lipinski definition) is 0. The minimum absolute atomic E-state index is 1.18. The summed E-state index contributed by atoms with van der Waals surface area (Å²) in [7, 11) is -2.76. The van der Waals surface area contributed by atoms with Crippen LogP contribution in [-0.2, 0) is 0 Å². The average Bonchev–Trinajstić information content (AvgIpc) is 1.83. The normalized spacial score (nSPS) is 17.5. The average molecular weight is 243 g/mol. The largest absolute Gasteiger partial charge is 0.168 e. The molecule has 0 heterocycles. The van der Waals surface area contributed by atoms with E-state index in [0.29, 0.717) is 0 Å². The smallest absolute Gasteiger partial charge is 0.153 e. The van der Waals surface area contributed by atoms with E-state index in [4.69, 9.17) is 22.2 Å². The third kappa shape index (κ3) is 7.65. The van der Waals surface area contributed by atoms with Gasteiger partial charge in [-0.15, -0.1) is 0 Å². The van der Waals surface area contributed by atoms with Crippen molar-refractivity contribution in [3.8, 4) is 0 Å². The van der Waals surface area contributed by atoms with Gasteiger partial charge in [-0.3, -0.25) is 0 Å². The van der Waals surface area contributed by atoms with Gasteiger partial charge in [0, 0.05) is 0 Å². The molecule has 0 spiro atoms. The van der Waals surface area contributed by atoms with E-state index in [1.807, 2.05) is 0 Å². The van der Waals surface area contributed by atoms with E-state index < -0.39 is 14.8 Å². The van der Waals surface area contributed by atoms with Gasteiger partial charge in [0.2, 0.25) is 0 Å². The van der Waals surface area contributed by atoms with E-state index in [1.54, 1.807) is 0 Å². The summed E-state index contributed by atoms with van der Waals surface area (Å²) in [5.74, 6) is 0. The summed E-state index contributed by atoms with van der Waals surface area (Å²) < 4.78 is 0. The predicted octanol–water partition coefficient (Wildman–Crippen LogP) is 4.65. The van der Waals surface area contributed by atoms with Crippen LogP contribution < -0.4 is 0 Å². The number of rotatable bonds is 5. The van der Waals surface area contributed by atoms with E-state index in [9.17, 15) is 0 Å². The Kier molecular flexibility index (Phi) is 5.46. The van der Waals surface area contributed by atoms with Crippen molar-refractivity contribution < 1.29 is 0 Å². The molecule has 0 rings (SSSR count). The zero-order chi connectivity index (χ0) is 9.83. The molecule has 4 heteroatoms. The highest BCUT2D eigenvalue weighted by Gasteiger charge is 2.27. The first-order valence-electron chi connectivity index (χ1n) is 4.65. The molecule has 0 aromatic rings. The summed E-state index contributed by atoms with van der Waals surface area (Å²) in [6.07, 6.45) is 1.22. The van der Waals surface area contributed by atoms with Crippen LogP contribution in [0.1, 0.15) is 13.3 Å². The van der Waals surface area contributed by atoms with E-state index in [0.717, 1.165) is 0 Å². The van der Waals surface area contributed by atoms with Crippen LogP contribution in [0.15, 0.2) is 0 Å². The maximum Gasteiger partial charge on any atom is 0.153 e. The van der Waals surface area contributed by atoms with Gasteiger partial charge >= 0.3 is 0 Å². The van der Waals surface area contributed by atoms with Gasteiger partial charge in [-0.05, 0) is 18.1 Å². The summed E-state index contributed by atoms with van der Waals surface area (Å²) in [4.78, 5) is 0. The van der Waals surface area contributed by atoms with Crippen LogP contribution >= 0.6 is 22.2 Å². The Hall–Kier alpha value is 1.01. The lowest BCUT2D eigenvalue weighted by Crippen LogP contribution is -2.26. The molecule has 0 nitrogen and oxygen atoms in total. The Bertz CT molecular complexity index is 130. The zero-order valence-corrected chi connectivity index (χ0v) is 12.1. The summed E-state index contributed by atoms with van der Waals surface area (Å²) in [6, 6.07) is 3.61. The summed E-state index contributed by atoms with van der Waals surface area (Å²) >= 11 is 12.7. The fourth-order valence-corrected chi connectivity index (χ4v) is 9.23. The molecule has 0 radical (unpaired) electrons. The molecule has 0 aliphatic heterocycles. The second-order valence-corrected chi connectivity index (χ2v) is 18.0. The van der Waals surface area contributed by atoms with Gasteiger partial charge in [-0.25, -0.2) is 0 Å². The molecular formula is C8H20Cl2Si2. The molecular weight excluding hydrogens is 223 g/mol. The van der Waals surface area contributed by atoms with Gasteiger partial charge < -0.3 is 0 Å². The van der Waals surface area contributed by atoms with Crippen molar-refractivity contribution >= 4 is 36.9 Å². The molecule has 0 N–H and O–H groups in total. The zero-order valence-electron chi connectivity index (χ0n) is 8.58. The van der Waals surface area contributed by atoms with E-state index in [-0.39, 0.29) is 0 Å². The summed E-state index contributed by atoms with van der Waals surface area (Å²) in [6.45, 7) is 8.86. The molecule has 0 aromatic heterocycles. The first-order chi connectivity index (χ1) is 5.27. The molecule has 0 aromatic carbocycles. The van der Waals surface area contributed by atoms with E-state index >= 15 is 0 Å². The van der Waals surface area contributed by atoms with Crippen LogP contribution in [0, 0.1) is 0 Å². The molecule has 0 amide bonds. The first kappa shape index (κ1) is 13.0. The third-order valence-electron chi connectivity index (χ3n) is 2.01. The van der Waals surface area contributed by atoms with Crippen LogP contribution in [-0.4, -0.2) is 14.8 Å². The lowest BCUT2D eigenvalue weighted by Gasteiger charge is -2.21. The molecule has 1 atom stereocenters. The Morgan fingerprint density at radius 3 is 1.75 bits per heavy atom. The van der Waals surface area contributed by atoms with E-state index in [1.165, 1.54) is 24.6 Å². The molecule has 74 valence electrons. The highest BCUT2D eigenvalue weighted by Crippen LogP contribution is 2.28. The third-order valence-corrected chi connectivity index (χ3v) is 8.49. The quantitative estimate of drug-likeness (QED) is 0.487. The molecule has 0 saturated heterocycles. The summed E-state index contributed by atoms with van der Waals surface area (Å²) in [5.41, 5.74) is 0. The van der Waals surface area contributed by atoms with Gasteiger partial charge in [0.15, 0.2) is 7.38 Å². The predicted molar refractivity (Wildman–Crippen MR) is 65.5 cm³/mol. The molecule has 0 aliphatic rings. The molecule has 0 saturated carbocycles. The fourth-order valence-electron chi connectivity index (χ4n) is 1.20. The van der Waals surface area contributed by atoms with E-state index in [2.05, 4.69) is 26.6 Å².